The molecule has 0 saturated heterocycles. The van der Waals surface area contributed by atoms with Gasteiger partial charge in [-0.15, -0.1) is 0 Å². The van der Waals surface area contributed by atoms with E-state index in [0.717, 1.165) is 5.56 Å². The first kappa shape index (κ1) is 22.1. The Bertz CT molecular complexity index is 859. The molecule has 0 aliphatic rings. The molecule has 154 valence electrons. The highest BCUT2D eigenvalue weighted by atomic mass is 16.6. The molecule has 0 bridgehead atoms. The van der Waals surface area contributed by atoms with Crippen molar-refractivity contribution in [3.8, 4) is 17.6 Å². The minimum Gasteiger partial charge on any atom is -0.493 e. The van der Waals surface area contributed by atoms with E-state index in [1.807, 2.05) is 19.9 Å². The maximum absolute atomic E-state index is 11.8. The van der Waals surface area contributed by atoms with Crippen molar-refractivity contribution in [3.05, 3.63) is 53.1 Å². The number of rotatable bonds is 10. The van der Waals surface area contributed by atoms with Gasteiger partial charge in [0.2, 0.25) is 6.23 Å². The van der Waals surface area contributed by atoms with Crippen molar-refractivity contribution in [1.82, 2.24) is 0 Å². The van der Waals surface area contributed by atoms with Gasteiger partial charge in [0.15, 0.2) is 0 Å². The lowest BCUT2D eigenvalue weighted by atomic mass is 10.0. The molecule has 7 heteroatoms. The maximum atomic E-state index is 11.8. The number of aliphatic hydroxyl groups is 1. The maximum Gasteiger partial charge on any atom is 0.304 e. The van der Waals surface area contributed by atoms with Gasteiger partial charge in [0.05, 0.1) is 30.4 Å². The minimum absolute atomic E-state index is 0.0910. The summed E-state index contributed by atoms with van der Waals surface area (Å²) in [7, 11) is 0. The number of nitrogens with one attached hydrogen (secondary N) is 1. The van der Waals surface area contributed by atoms with Crippen LogP contribution in [0.2, 0.25) is 0 Å². The summed E-state index contributed by atoms with van der Waals surface area (Å²) in [6, 6.07) is 12.5. The smallest absolute Gasteiger partial charge is 0.304 e. The number of benzene rings is 2. The van der Waals surface area contributed by atoms with Gasteiger partial charge in [-0.1, -0.05) is 6.92 Å². The zero-order valence-electron chi connectivity index (χ0n) is 16.9. The van der Waals surface area contributed by atoms with E-state index in [-0.39, 0.29) is 13.2 Å². The van der Waals surface area contributed by atoms with Crippen molar-refractivity contribution >= 4 is 11.7 Å². The predicted molar refractivity (Wildman–Crippen MR) is 109 cm³/mol. The highest BCUT2D eigenvalue weighted by molar-refractivity contribution is 5.67. The van der Waals surface area contributed by atoms with Crippen LogP contribution in [0.5, 0.6) is 11.5 Å². The summed E-state index contributed by atoms with van der Waals surface area (Å²) in [4.78, 5) is 11.8. The summed E-state index contributed by atoms with van der Waals surface area (Å²) >= 11 is 0. The molecule has 0 aliphatic carbocycles. The molecule has 2 aromatic carbocycles. The number of nitrogens with zero attached hydrogens (tertiary/aromatic N) is 1. The fourth-order valence-corrected chi connectivity index (χ4v) is 2.81. The normalized spacial score (nSPS) is 11.3. The predicted octanol–water partition coefficient (Wildman–Crippen LogP) is 3.56. The molecule has 1 unspecified atom stereocenters. The van der Waals surface area contributed by atoms with Gasteiger partial charge in [-0.2, -0.15) is 5.26 Å². The molecule has 2 rings (SSSR count). The van der Waals surface area contributed by atoms with Crippen molar-refractivity contribution < 1.29 is 24.1 Å². The number of aliphatic hydroxyl groups excluding tert-OH is 1. The first-order chi connectivity index (χ1) is 14.0. The molecule has 0 aliphatic heterocycles. The van der Waals surface area contributed by atoms with E-state index in [1.54, 1.807) is 30.3 Å². The van der Waals surface area contributed by atoms with Crippen LogP contribution in [-0.4, -0.2) is 30.9 Å². The van der Waals surface area contributed by atoms with E-state index in [1.165, 1.54) is 6.92 Å². The highest BCUT2D eigenvalue weighted by Gasteiger charge is 2.22. The van der Waals surface area contributed by atoms with Crippen LogP contribution in [-0.2, 0) is 16.0 Å². The standard InChI is InChI=1S/C22H26N2O5/c1-4-17-12-19(21(28-11-10-25)13-20(17)27-5-2)22(29-15(3)26)24-18-8-6-16(14-23)7-9-18/h6-9,12-13,22,24-25H,4-5,10-11H2,1-3H3. The Kier molecular flexibility index (Phi) is 8.31. The minimum atomic E-state index is -0.824. The van der Waals surface area contributed by atoms with E-state index in [2.05, 4.69) is 11.4 Å². The van der Waals surface area contributed by atoms with Crippen LogP contribution in [0.1, 0.15) is 43.7 Å². The van der Waals surface area contributed by atoms with Crippen molar-refractivity contribution in [1.29, 1.82) is 5.26 Å². The van der Waals surface area contributed by atoms with Crippen molar-refractivity contribution in [2.24, 2.45) is 0 Å². The van der Waals surface area contributed by atoms with Crippen molar-refractivity contribution in [3.63, 3.8) is 0 Å². The number of ether oxygens (including phenoxy) is 3. The Morgan fingerprint density at radius 3 is 2.45 bits per heavy atom. The van der Waals surface area contributed by atoms with E-state index >= 15 is 0 Å². The van der Waals surface area contributed by atoms with Crippen LogP contribution in [0.3, 0.4) is 0 Å². The van der Waals surface area contributed by atoms with Crippen LogP contribution in [0.4, 0.5) is 5.69 Å². The number of anilines is 1. The molecule has 29 heavy (non-hydrogen) atoms. The molecule has 0 radical (unpaired) electrons. The average Bonchev–Trinajstić information content (AvgIpc) is 2.72. The molecule has 7 nitrogen and oxygen atoms in total. The number of esters is 1. The zero-order valence-corrected chi connectivity index (χ0v) is 16.9. The summed E-state index contributed by atoms with van der Waals surface area (Å²) < 4.78 is 16.9. The van der Waals surface area contributed by atoms with Gasteiger partial charge in [-0.3, -0.25) is 4.79 Å². The highest BCUT2D eigenvalue weighted by Crippen LogP contribution is 2.36. The SMILES string of the molecule is CCOc1cc(OCCO)c(C(Nc2ccc(C#N)cc2)OC(C)=O)cc1CC. The largest absolute Gasteiger partial charge is 0.493 e. The van der Waals surface area contributed by atoms with E-state index in [4.69, 9.17) is 19.5 Å². The molecule has 2 aromatic rings. The van der Waals surface area contributed by atoms with Gasteiger partial charge < -0.3 is 24.6 Å². The Balaban J connectivity index is 2.48. The van der Waals surface area contributed by atoms with Crippen LogP contribution >= 0.6 is 0 Å². The lowest BCUT2D eigenvalue weighted by molar-refractivity contribution is -0.145. The number of nitriles is 1. The first-order valence-electron chi connectivity index (χ1n) is 9.49. The molecular weight excluding hydrogens is 372 g/mol. The summed E-state index contributed by atoms with van der Waals surface area (Å²) in [6.45, 7) is 5.67. The molecule has 0 spiro atoms. The quantitative estimate of drug-likeness (QED) is 0.466. The fourth-order valence-electron chi connectivity index (χ4n) is 2.81. The number of hydrogen-bond acceptors (Lipinski definition) is 7. The summed E-state index contributed by atoms with van der Waals surface area (Å²) in [5, 5.41) is 21.3. The van der Waals surface area contributed by atoms with Gasteiger partial charge in [0.1, 0.15) is 18.1 Å². The van der Waals surface area contributed by atoms with Crippen molar-refractivity contribution in [2.75, 3.05) is 25.1 Å². The summed E-state index contributed by atoms with van der Waals surface area (Å²) in [6.07, 6.45) is -0.109. The lowest BCUT2D eigenvalue weighted by Crippen LogP contribution is -2.19. The second-order valence-corrected chi connectivity index (χ2v) is 6.18. The Labute approximate surface area is 170 Å². The Hall–Kier alpha value is -3.24. The first-order valence-corrected chi connectivity index (χ1v) is 9.49. The van der Waals surface area contributed by atoms with E-state index < -0.39 is 12.2 Å². The molecule has 0 heterocycles. The Morgan fingerprint density at radius 1 is 1.17 bits per heavy atom. The third-order valence-electron chi connectivity index (χ3n) is 4.10. The van der Waals surface area contributed by atoms with Gasteiger partial charge in [0.25, 0.3) is 0 Å². The van der Waals surface area contributed by atoms with Crippen molar-refractivity contribution in [2.45, 2.75) is 33.4 Å². The summed E-state index contributed by atoms with van der Waals surface area (Å²) in [5.41, 5.74) is 2.76. The second-order valence-electron chi connectivity index (χ2n) is 6.18. The molecule has 1 atom stereocenters. The van der Waals surface area contributed by atoms with Gasteiger partial charge in [0, 0.05) is 18.7 Å². The number of hydrogen-bond donors (Lipinski definition) is 2. The van der Waals surface area contributed by atoms with Crippen LogP contribution in [0, 0.1) is 11.3 Å². The lowest BCUT2D eigenvalue weighted by Gasteiger charge is -2.24. The molecule has 0 saturated carbocycles. The topological polar surface area (TPSA) is 101 Å². The van der Waals surface area contributed by atoms with E-state index in [0.29, 0.717) is 41.3 Å². The van der Waals surface area contributed by atoms with E-state index in [9.17, 15) is 9.90 Å². The third-order valence-corrected chi connectivity index (χ3v) is 4.10. The fraction of sp³-hybridized carbons (Fsp3) is 0.364. The average molecular weight is 398 g/mol. The van der Waals surface area contributed by atoms with Gasteiger partial charge in [-0.25, -0.2) is 0 Å². The van der Waals surface area contributed by atoms with Crippen LogP contribution in [0.25, 0.3) is 0 Å². The molecule has 0 aromatic heterocycles. The Morgan fingerprint density at radius 2 is 1.90 bits per heavy atom. The monoisotopic (exact) mass is 398 g/mol. The molecule has 0 amide bonds. The summed E-state index contributed by atoms with van der Waals surface area (Å²) in [5.74, 6) is 0.676. The number of carbonyl (C=O) groups excluding carboxylic acids is 1. The third kappa shape index (κ3) is 6.13. The number of carbonyl (C=O) groups is 1. The number of aryl methyl sites for hydroxylation is 1. The van der Waals surface area contributed by atoms with Crippen LogP contribution in [0.15, 0.2) is 36.4 Å². The molecular formula is C22H26N2O5. The molecule has 0 fully saturated rings. The van der Waals surface area contributed by atoms with Gasteiger partial charge in [-0.05, 0) is 49.2 Å². The zero-order chi connectivity index (χ0) is 21.2. The van der Waals surface area contributed by atoms with Gasteiger partial charge >= 0.3 is 5.97 Å². The molecule has 2 N–H and O–H groups in total. The second kappa shape index (κ2) is 10.9. The van der Waals surface area contributed by atoms with Crippen LogP contribution < -0.4 is 14.8 Å².